The molecular weight excluding hydrogens is 450 g/mol. The third-order valence-electron chi connectivity index (χ3n) is 9.11. The maximum atomic E-state index is 13.5. The quantitative estimate of drug-likeness (QED) is 0.541. The van der Waals surface area contributed by atoms with Crippen LogP contribution in [0.2, 0.25) is 0 Å². The van der Waals surface area contributed by atoms with E-state index in [4.69, 9.17) is 4.74 Å². The van der Waals surface area contributed by atoms with Crippen LogP contribution in [0.25, 0.3) is 0 Å². The van der Waals surface area contributed by atoms with E-state index in [1.165, 1.54) is 12.8 Å². The highest BCUT2D eigenvalue weighted by Gasteiger charge is 2.52. The fourth-order valence-corrected chi connectivity index (χ4v) is 8.38. The molecule has 8 nitrogen and oxygen atoms in total. The maximum absolute atomic E-state index is 13.5. The van der Waals surface area contributed by atoms with Gasteiger partial charge in [-0.25, -0.2) is 0 Å². The van der Waals surface area contributed by atoms with Gasteiger partial charge in [-0.1, -0.05) is 12.8 Å². The monoisotopic (exact) mass is 489 g/mol. The number of hydrogen-bond acceptors (Lipinski definition) is 7. The number of thioether (sulfide) groups is 1. The summed E-state index contributed by atoms with van der Waals surface area (Å²) < 4.78 is 5.86. The number of nitrogens with zero attached hydrogens (tertiary/aromatic N) is 2. The number of piperidine rings is 1. The summed E-state index contributed by atoms with van der Waals surface area (Å²) in [5.74, 6) is 0.864. The molecule has 5 fully saturated rings. The zero-order chi connectivity index (χ0) is 23.9. The summed E-state index contributed by atoms with van der Waals surface area (Å²) in [6.45, 7) is 4.20. The van der Waals surface area contributed by atoms with Crippen molar-refractivity contribution in [2.45, 2.75) is 87.2 Å². The maximum Gasteiger partial charge on any atom is 0.243 e. The van der Waals surface area contributed by atoms with Gasteiger partial charge in [0.05, 0.1) is 18.1 Å². The van der Waals surface area contributed by atoms with Crippen molar-refractivity contribution in [1.29, 1.82) is 5.26 Å². The second-order valence-corrected chi connectivity index (χ2v) is 12.5. The molecule has 188 valence electrons. The average Bonchev–Trinajstić information content (AvgIpc) is 3.37. The van der Waals surface area contributed by atoms with Crippen molar-refractivity contribution < 1.29 is 14.3 Å². The molecule has 2 saturated carbocycles. The van der Waals surface area contributed by atoms with Crippen molar-refractivity contribution >= 4 is 23.6 Å². The topological polar surface area (TPSA) is 106 Å². The molecule has 3 N–H and O–H groups in total. The molecule has 2 amide bonds. The smallest absolute Gasteiger partial charge is 0.243 e. The van der Waals surface area contributed by atoms with Crippen molar-refractivity contribution in [3.8, 4) is 6.07 Å². The number of carbonyl (C=O) groups excluding carboxylic acids is 2. The van der Waals surface area contributed by atoms with Crippen LogP contribution in [0.1, 0.15) is 58.3 Å². The van der Waals surface area contributed by atoms with Gasteiger partial charge >= 0.3 is 0 Å². The van der Waals surface area contributed by atoms with E-state index in [9.17, 15) is 14.9 Å². The summed E-state index contributed by atoms with van der Waals surface area (Å²) in [6, 6.07) is 2.86. The van der Waals surface area contributed by atoms with Gasteiger partial charge in [-0.15, -0.1) is 11.8 Å². The van der Waals surface area contributed by atoms with Crippen LogP contribution in [0.3, 0.4) is 0 Å². The minimum atomic E-state index is -0.782. The summed E-state index contributed by atoms with van der Waals surface area (Å²) in [4.78, 5) is 28.3. The molecule has 34 heavy (non-hydrogen) atoms. The van der Waals surface area contributed by atoms with E-state index in [1.807, 2.05) is 12.0 Å². The fourth-order valence-electron chi connectivity index (χ4n) is 6.97. The van der Waals surface area contributed by atoms with Crippen LogP contribution in [-0.4, -0.2) is 72.4 Å². The minimum Gasteiger partial charge on any atom is -0.381 e. The second kappa shape index (κ2) is 9.96. The molecule has 3 aliphatic heterocycles. The molecule has 0 spiro atoms. The number of nitrogens with one attached hydrogen (secondary N) is 3. The van der Waals surface area contributed by atoms with E-state index in [-0.39, 0.29) is 40.6 Å². The Morgan fingerprint density at radius 2 is 1.97 bits per heavy atom. The van der Waals surface area contributed by atoms with Crippen LogP contribution < -0.4 is 16.0 Å². The van der Waals surface area contributed by atoms with E-state index in [0.717, 1.165) is 25.7 Å². The van der Waals surface area contributed by atoms with E-state index in [0.29, 0.717) is 50.4 Å². The van der Waals surface area contributed by atoms with Crippen molar-refractivity contribution in [2.24, 2.45) is 23.2 Å². The molecule has 0 aromatic carbocycles. The van der Waals surface area contributed by atoms with Gasteiger partial charge in [0.25, 0.3) is 0 Å². The first kappa shape index (κ1) is 24.4. The van der Waals surface area contributed by atoms with Gasteiger partial charge in [-0.05, 0) is 57.3 Å². The predicted octanol–water partition coefficient (Wildman–Crippen LogP) is 1.82. The van der Waals surface area contributed by atoms with Gasteiger partial charge in [-0.3, -0.25) is 14.9 Å². The lowest BCUT2D eigenvalue weighted by molar-refractivity contribution is -0.142. The minimum absolute atomic E-state index is 0.00376. The highest BCUT2D eigenvalue weighted by atomic mass is 32.2. The molecule has 3 saturated heterocycles. The first-order valence-electron chi connectivity index (χ1n) is 13.1. The van der Waals surface area contributed by atoms with Gasteiger partial charge in [-0.2, -0.15) is 5.26 Å². The van der Waals surface area contributed by atoms with Crippen LogP contribution in [-0.2, 0) is 14.3 Å². The highest BCUT2D eigenvalue weighted by Crippen LogP contribution is 2.44. The fraction of sp³-hybridized carbons (Fsp3) is 0.880. The molecule has 0 radical (unpaired) electrons. The van der Waals surface area contributed by atoms with E-state index < -0.39 is 5.41 Å². The van der Waals surface area contributed by atoms with Gasteiger partial charge in [0, 0.05) is 44.1 Å². The lowest BCUT2D eigenvalue weighted by Gasteiger charge is -2.44. The van der Waals surface area contributed by atoms with Gasteiger partial charge in [0.2, 0.25) is 11.8 Å². The molecule has 0 aromatic heterocycles. The normalized spacial score (nSPS) is 41.3. The summed E-state index contributed by atoms with van der Waals surface area (Å²) in [7, 11) is 1.82. The molecule has 8 unspecified atom stereocenters. The summed E-state index contributed by atoms with van der Waals surface area (Å²) in [5, 5.41) is 20.1. The standard InChI is InChI=1S/C25H39N5O3S/c1-15-10-17(16-6-3-4-7-20(16)33-2)18(11-27-15)22(31)29-24-28-19-12-30(13-21(19)34-24)23(32)25(14-26)8-5-9-25/h15-21,24,27-28H,3-13H2,1-2H3,(H,29,31). The molecule has 2 aliphatic carbocycles. The Balaban J connectivity index is 1.17. The van der Waals surface area contributed by atoms with Crippen LogP contribution in [0.15, 0.2) is 0 Å². The Labute approximate surface area is 207 Å². The molecule has 9 heteroatoms. The number of methoxy groups -OCH3 is 1. The number of hydrogen-bond donors (Lipinski definition) is 3. The lowest BCUT2D eigenvalue weighted by atomic mass is 9.68. The number of likely N-dealkylation sites (tertiary alicyclic amines) is 1. The van der Waals surface area contributed by atoms with Crippen LogP contribution in [0, 0.1) is 34.5 Å². The van der Waals surface area contributed by atoms with Crippen LogP contribution in [0.5, 0.6) is 0 Å². The predicted molar refractivity (Wildman–Crippen MR) is 131 cm³/mol. The number of amides is 2. The number of carbonyl (C=O) groups is 2. The molecule has 3 heterocycles. The highest BCUT2D eigenvalue weighted by molar-refractivity contribution is 8.00. The zero-order valence-corrected chi connectivity index (χ0v) is 21.2. The van der Waals surface area contributed by atoms with Gasteiger partial charge < -0.3 is 20.3 Å². The van der Waals surface area contributed by atoms with Crippen molar-refractivity contribution in [3.63, 3.8) is 0 Å². The number of rotatable bonds is 5. The van der Waals surface area contributed by atoms with E-state index in [1.54, 1.807) is 11.8 Å². The van der Waals surface area contributed by atoms with Crippen molar-refractivity contribution in [2.75, 3.05) is 26.7 Å². The number of fused-ring (bicyclic) bond motifs is 1. The third-order valence-corrected chi connectivity index (χ3v) is 10.5. The molecule has 0 bridgehead atoms. The molecule has 5 aliphatic rings. The Morgan fingerprint density at radius 1 is 1.18 bits per heavy atom. The number of ether oxygens (including phenoxy) is 1. The third kappa shape index (κ3) is 4.47. The number of nitriles is 1. The lowest BCUT2D eigenvalue weighted by Crippen LogP contribution is -2.55. The Kier molecular flexibility index (Phi) is 7.14. The first-order valence-corrected chi connectivity index (χ1v) is 14.1. The van der Waals surface area contributed by atoms with Crippen molar-refractivity contribution in [1.82, 2.24) is 20.9 Å². The average molecular weight is 490 g/mol. The van der Waals surface area contributed by atoms with Crippen LogP contribution in [0.4, 0.5) is 0 Å². The van der Waals surface area contributed by atoms with E-state index in [2.05, 4.69) is 28.9 Å². The SMILES string of the molecule is COC1CCCCC1C1CC(C)NCC1C(=O)NC1NC2CN(C(=O)C3(C#N)CCC3)CC2S1. The van der Waals surface area contributed by atoms with E-state index >= 15 is 0 Å². The summed E-state index contributed by atoms with van der Waals surface area (Å²) in [6.07, 6.45) is 8.29. The summed E-state index contributed by atoms with van der Waals surface area (Å²) >= 11 is 1.72. The van der Waals surface area contributed by atoms with Crippen LogP contribution >= 0.6 is 11.8 Å². The second-order valence-electron chi connectivity index (χ2n) is 11.1. The zero-order valence-electron chi connectivity index (χ0n) is 20.4. The van der Waals surface area contributed by atoms with Crippen molar-refractivity contribution in [3.05, 3.63) is 0 Å². The Bertz CT molecular complexity index is 816. The molecular formula is C25H39N5O3S. The largest absolute Gasteiger partial charge is 0.381 e. The Morgan fingerprint density at radius 3 is 2.65 bits per heavy atom. The molecule has 5 rings (SSSR count). The Hall–Kier alpha value is -1.34. The molecule has 0 aromatic rings. The van der Waals surface area contributed by atoms with Gasteiger partial charge in [0.1, 0.15) is 10.9 Å². The summed E-state index contributed by atoms with van der Waals surface area (Å²) in [5.41, 5.74) is -0.908. The first-order chi connectivity index (χ1) is 16.4. The molecule has 8 atom stereocenters. The van der Waals surface area contributed by atoms with Gasteiger partial charge in [0.15, 0.2) is 0 Å².